The molecule has 96 valence electrons. The zero-order valence-corrected chi connectivity index (χ0v) is 11.0. The minimum Gasteiger partial charge on any atom is -0.349 e. The Bertz CT molecular complexity index is 587. The summed E-state index contributed by atoms with van der Waals surface area (Å²) in [7, 11) is 1.43. The van der Waals surface area contributed by atoms with Gasteiger partial charge >= 0.3 is 0 Å². The highest BCUT2D eigenvalue weighted by molar-refractivity contribution is 8.13. The van der Waals surface area contributed by atoms with Crippen molar-refractivity contribution in [2.24, 2.45) is 0 Å². The summed E-state index contributed by atoms with van der Waals surface area (Å²) < 4.78 is 22.4. The summed E-state index contributed by atoms with van der Waals surface area (Å²) in [6.45, 7) is 0. The number of amides is 1. The first-order chi connectivity index (χ1) is 8.47. The number of carbonyl (C=O) groups excluding carboxylic acids is 1. The molecular formula is C12H12ClNO3S. The molecule has 1 aliphatic carbocycles. The van der Waals surface area contributed by atoms with Gasteiger partial charge in [-0.05, 0) is 31.0 Å². The highest BCUT2D eigenvalue weighted by atomic mass is 35.7. The van der Waals surface area contributed by atoms with E-state index in [9.17, 15) is 13.2 Å². The molecule has 1 aromatic carbocycles. The predicted molar refractivity (Wildman–Crippen MR) is 69.1 cm³/mol. The van der Waals surface area contributed by atoms with E-state index in [1.807, 2.05) is 12.2 Å². The minimum absolute atomic E-state index is 0.0682. The van der Waals surface area contributed by atoms with Crippen LogP contribution in [0, 0.1) is 0 Å². The number of benzene rings is 1. The average Bonchev–Trinajstić information content (AvgIpc) is 2.81. The quantitative estimate of drug-likeness (QED) is 0.683. The summed E-state index contributed by atoms with van der Waals surface area (Å²) in [5, 5.41) is 2.83. The molecule has 1 aromatic rings. The minimum atomic E-state index is -3.81. The van der Waals surface area contributed by atoms with Crippen LogP contribution in [0.1, 0.15) is 23.2 Å². The summed E-state index contributed by atoms with van der Waals surface area (Å²) in [5.74, 6) is -0.286. The topological polar surface area (TPSA) is 63.2 Å². The summed E-state index contributed by atoms with van der Waals surface area (Å²) in [6, 6.07) is 5.78. The molecule has 18 heavy (non-hydrogen) atoms. The Balaban J connectivity index is 2.15. The van der Waals surface area contributed by atoms with E-state index in [2.05, 4.69) is 5.32 Å². The lowest BCUT2D eigenvalue weighted by Gasteiger charge is -2.12. The molecule has 0 saturated heterocycles. The number of rotatable bonds is 3. The maximum atomic E-state index is 11.9. The molecule has 1 N–H and O–H groups in total. The van der Waals surface area contributed by atoms with Crippen LogP contribution in [0.3, 0.4) is 0 Å². The third-order valence-electron chi connectivity index (χ3n) is 2.72. The number of halogens is 1. The SMILES string of the molecule is O=C(NC1CC=CC1)c1cccc(S(=O)(=O)Cl)c1. The van der Waals surface area contributed by atoms with Gasteiger partial charge in [0.25, 0.3) is 15.0 Å². The van der Waals surface area contributed by atoms with Gasteiger partial charge in [-0.15, -0.1) is 0 Å². The van der Waals surface area contributed by atoms with Crippen LogP contribution in [0.2, 0.25) is 0 Å². The normalized spacial score (nSPS) is 15.8. The van der Waals surface area contributed by atoms with Crippen molar-refractivity contribution in [2.45, 2.75) is 23.8 Å². The van der Waals surface area contributed by atoms with Crippen molar-refractivity contribution >= 4 is 25.6 Å². The van der Waals surface area contributed by atoms with Crippen molar-refractivity contribution in [3.05, 3.63) is 42.0 Å². The third kappa shape index (κ3) is 3.11. The summed E-state index contributed by atoms with van der Waals surface area (Å²) in [4.78, 5) is 11.8. The number of nitrogens with one attached hydrogen (secondary N) is 1. The van der Waals surface area contributed by atoms with Crippen molar-refractivity contribution in [1.29, 1.82) is 0 Å². The van der Waals surface area contributed by atoms with Gasteiger partial charge in [0.2, 0.25) is 0 Å². The lowest BCUT2D eigenvalue weighted by atomic mass is 10.2. The molecular weight excluding hydrogens is 274 g/mol. The van der Waals surface area contributed by atoms with Crippen LogP contribution < -0.4 is 5.32 Å². The van der Waals surface area contributed by atoms with Crippen LogP contribution in [0.25, 0.3) is 0 Å². The molecule has 4 nitrogen and oxygen atoms in total. The van der Waals surface area contributed by atoms with E-state index in [-0.39, 0.29) is 16.8 Å². The van der Waals surface area contributed by atoms with Gasteiger partial charge in [-0.3, -0.25) is 4.79 Å². The van der Waals surface area contributed by atoms with Gasteiger partial charge in [0.05, 0.1) is 4.90 Å². The molecule has 0 aromatic heterocycles. The maximum absolute atomic E-state index is 11.9. The fraction of sp³-hybridized carbons (Fsp3) is 0.250. The van der Waals surface area contributed by atoms with E-state index < -0.39 is 9.05 Å². The van der Waals surface area contributed by atoms with E-state index in [1.54, 1.807) is 6.07 Å². The second-order valence-electron chi connectivity index (χ2n) is 4.08. The molecule has 0 unspecified atom stereocenters. The van der Waals surface area contributed by atoms with E-state index in [4.69, 9.17) is 10.7 Å². The van der Waals surface area contributed by atoms with Gasteiger partial charge in [0, 0.05) is 22.3 Å². The summed E-state index contributed by atoms with van der Waals surface area (Å²) in [6.07, 6.45) is 5.62. The molecule has 0 spiro atoms. The summed E-state index contributed by atoms with van der Waals surface area (Å²) in [5.41, 5.74) is 0.295. The fourth-order valence-corrected chi connectivity index (χ4v) is 2.59. The molecule has 0 fully saturated rings. The van der Waals surface area contributed by atoms with Crippen LogP contribution in [0.5, 0.6) is 0 Å². The molecule has 1 aliphatic rings. The lowest BCUT2D eigenvalue weighted by molar-refractivity contribution is 0.0939. The Morgan fingerprint density at radius 2 is 1.94 bits per heavy atom. The van der Waals surface area contributed by atoms with Gasteiger partial charge in [-0.1, -0.05) is 18.2 Å². The first kappa shape index (κ1) is 13.1. The highest BCUT2D eigenvalue weighted by Gasteiger charge is 2.16. The van der Waals surface area contributed by atoms with Gasteiger partial charge in [-0.2, -0.15) is 0 Å². The van der Waals surface area contributed by atoms with E-state index in [0.29, 0.717) is 5.56 Å². The first-order valence-corrected chi connectivity index (χ1v) is 7.78. The number of hydrogen-bond acceptors (Lipinski definition) is 3. The van der Waals surface area contributed by atoms with Crippen LogP contribution in [0.4, 0.5) is 0 Å². The number of carbonyl (C=O) groups is 1. The van der Waals surface area contributed by atoms with Crippen molar-refractivity contribution in [3.63, 3.8) is 0 Å². The molecule has 0 atom stereocenters. The van der Waals surface area contributed by atoms with Crippen molar-refractivity contribution < 1.29 is 13.2 Å². The maximum Gasteiger partial charge on any atom is 0.261 e. The van der Waals surface area contributed by atoms with E-state index in [1.165, 1.54) is 18.2 Å². The van der Waals surface area contributed by atoms with Crippen molar-refractivity contribution in [3.8, 4) is 0 Å². The molecule has 0 aliphatic heterocycles. The Labute approximate surface area is 110 Å². The molecule has 1 amide bonds. The molecule has 6 heteroatoms. The Morgan fingerprint density at radius 1 is 1.28 bits per heavy atom. The Kier molecular flexibility index (Phi) is 3.73. The first-order valence-electron chi connectivity index (χ1n) is 5.47. The van der Waals surface area contributed by atoms with Crippen LogP contribution in [-0.2, 0) is 9.05 Å². The molecule has 0 heterocycles. The molecule has 0 radical (unpaired) electrons. The third-order valence-corrected chi connectivity index (χ3v) is 4.07. The van der Waals surface area contributed by atoms with Crippen molar-refractivity contribution in [2.75, 3.05) is 0 Å². The monoisotopic (exact) mass is 285 g/mol. The van der Waals surface area contributed by atoms with Gasteiger partial charge in [0.1, 0.15) is 0 Å². The highest BCUT2D eigenvalue weighted by Crippen LogP contribution is 2.17. The Morgan fingerprint density at radius 3 is 2.56 bits per heavy atom. The molecule has 0 bridgehead atoms. The second-order valence-corrected chi connectivity index (χ2v) is 6.64. The zero-order valence-electron chi connectivity index (χ0n) is 9.47. The van der Waals surface area contributed by atoms with E-state index >= 15 is 0 Å². The smallest absolute Gasteiger partial charge is 0.261 e. The second kappa shape index (κ2) is 5.12. The zero-order chi connectivity index (χ0) is 13.2. The predicted octanol–water partition coefficient (Wildman–Crippen LogP) is 2.06. The van der Waals surface area contributed by atoms with Gasteiger partial charge in [-0.25, -0.2) is 8.42 Å². The summed E-state index contributed by atoms with van der Waals surface area (Å²) >= 11 is 0. The van der Waals surface area contributed by atoms with Gasteiger partial charge in [0.15, 0.2) is 0 Å². The van der Waals surface area contributed by atoms with Crippen LogP contribution >= 0.6 is 10.7 Å². The standard InChI is InChI=1S/C12H12ClNO3S/c13-18(16,17)11-7-3-4-9(8-11)12(15)14-10-5-1-2-6-10/h1-4,7-8,10H,5-6H2,(H,14,15). The molecule has 2 rings (SSSR count). The van der Waals surface area contributed by atoms with Crippen LogP contribution in [0.15, 0.2) is 41.3 Å². The largest absolute Gasteiger partial charge is 0.349 e. The van der Waals surface area contributed by atoms with E-state index in [0.717, 1.165) is 12.8 Å². The lowest BCUT2D eigenvalue weighted by Crippen LogP contribution is -2.32. The van der Waals surface area contributed by atoms with Crippen molar-refractivity contribution in [1.82, 2.24) is 5.32 Å². The van der Waals surface area contributed by atoms with Crippen LogP contribution in [-0.4, -0.2) is 20.4 Å². The van der Waals surface area contributed by atoms with Gasteiger partial charge < -0.3 is 5.32 Å². The Hall–Kier alpha value is -1.33. The molecule has 0 saturated carbocycles. The average molecular weight is 286 g/mol. The fourth-order valence-electron chi connectivity index (χ4n) is 1.79. The number of hydrogen-bond donors (Lipinski definition) is 1.